The van der Waals surface area contributed by atoms with Crippen molar-refractivity contribution in [1.29, 1.82) is 0 Å². The number of nitrogens with one attached hydrogen (secondary N) is 2. The number of ether oxygens (including phenoxy) is 1. The predicted molar refractivity (Wildman–Crippen MR) is 166 cm³/mol. The Morgan fingerprint density at radius 3 is 2.48 bits per heavy atom. The zero-order chi connectivity index (χ0) is 29.8. The standard InChI is InChI=1S/C32H39N7O3/c1-7-20-10-9-11-21(8-2)27(20)35-31(40)30-24-14-12-22-19-33-32(36-28(22)29(24)37-42-30)34-25-15-13-23(18-26(25)41-6)39(5)17-16-38(3)4/h9-11,13,15,18-19H,7-8,12,14,16-17H2,1-6H3,(H,35,40)(H,33,34,36). The molecule has 0 radical (unpaired) electrons. The van der Waals surface area contributed by atoms with Gasteiger partial charge in [-0.25, -0.2) is 9.97 Å². The number of aromatic nitrogens is 3. The van der Waals surface area contributed by atoms with Crippen LogP contribution in [0.1, 0.15) is 46.7 Å². The first-order valence-electron chi connectivity index (χ1n) is 14.4. The molecular formula is C32H39N7O3. The van der Waals surface area contributed by atoms with Crippen LogP contribution in [0.3, 0.4) is 0 Å². The Balaban J connectivity index is 1.38. The molecule has 2 aromatic carbocycles. The molecule has 0 aliphatic heterocycles. The molecule has 42 heavy (non-hydrogen) atoms. The highest BCUT2D eigenvalue weighted by atomic mass is 16.5. The summed E-state index contributed by atoms with van der Waals surface area (Å²) in [5.74, 6) is 1.03. The zero-order valence-corrected chi connectivity index (χ0v) is 25.2. The van der Waals surface area contributed by atoms with Crippen LogP contribution >= 0.6 is 0 Å². The fraction of sp³-hybridized carbons (Fsp3) is 0.375. The second-order valence-corrected chi connectivity index (χ2v) is 10.8. The summed E-state index contributed by atoms with van der Waals surface area (Å²) in [5.41, 5.74) is 7.81. The molecule has 0 fully saturated rings. The van der Waals surface area contributed by atoms with E-state index in [-0.39, 0.29) is 11.7 Å². The fourth-order valence-corrected chi connectivity index (χ4v) is 5.21. The van der Waals surface area contributed by atoms with Gasteiger partial charge in [-0.1, -0.05) is 37.2 Å². The molecule has 2 N–H and O–H groups in total. The molecule has 0 unspecified atom stereocenters. The summed E-state index contributed by atoms with van der Waals surface area (Å²) < 4.78 is 11.3. The van der Waals surface area contributed by atoms with Gasteiger partial charge in [-0.3, -0.25) is 4.79 Å². The van der Waals surface area contributed by atoms with Crippen molar-refractivity contribution >= 4 is 28.9 Å². The average molecular weight is 570 g/mol. The number of fused-ring (bicyclic) bond motifs is 3. The van der Waals surface area contributed by atoms with Gasteiger partial charge in [0.2, 0.25) is 11.7 Å². The van der Waals surface area contributed by atoms with Crippen molar-refractivity contribution in [3.63, 3.8) is 0 Å². The van der Waals surface area contributed by atoms with Gasteiger partial charge in [0.1, 0.15) is 17.1 Å². The molecule has 0 bridgehead atoms. The normalized spacial score (nSPS) is 12.1. The molecule has 1 amide bonds. The first-order valence-corrected chi connectivity index (χ1v) is 14.4. The Labute approximate surface area is 247 Å². The maximum absolute atomic E-state index is 13.4. The van der Waals surface area contributed by atoms with E-state index in [1.807, 2.05) is 42.6 Å². The molecule has 5 rings (SSSR count). The van der Waals surface area contributed by atoms with Gasteiger partial charge in [0, 0.05) is 49.3 Å². The Kier molecular flexibility index (Phi) is 8.72. The van der Waals surface area contributed by atoms with Gasteiger partial charge < -0.3 is 29.7 Å². The predicted octanol–water partition coefficient (Wildman–Crippen LogP) is 5.36. The van der Waals surface area contributed by atoms with E-state index in [4.69, 9.17) is 14.2 Å². The van der Waals surface area contributed by atoms with E-state index in [0.29, 0.717) is 35.9 Å². The summed E-state index contributed by atoms with van der Waals surface area (Å²) in [6.45, 7) is 6.00. The Bertz CT molecular complexity index is 1560. The monoisotopic (exact) mass is 569 g/mol. The minimum absolute atomic E-state index is 0.229. The molecule has 10 heteroatoms. The topological polar surface area (TPSA) is 109 Å². The number of benzene rings is 2. The molecule has 220 valence electrons. The van der Waals surface area contributed by atoms with E-state index < -0.39 is 0 Å². The van der Waals surface area contributed by atoms with Gasteiger partial charge in [0.25, 0.3) is 5.91 Å². The van der Waals surface area contributed by atoms with Crippen LogP contribution in [0, 0.1) is 0 Å². The Morgan fingerprint density at radius 2 is 1.79 bits per heavy atom. The molecule has 1 aliphatic carbocycles. The first kappa shape index (κ1) is 29.1. The summed E-state index contributed by atoms with van der Waals surface area (Å²) in [6, 6.07) is 12.1. The number of carbonyl (C=O) groups excluding carboxylic acids is 1. The van der Waals surface area contributed by atoms with Crippen molar-refractivity contribution in [1.82, 2.24) is 20.0 Å². The number of hydrogen-bond donors (Lipinski definition) is 2. The van der Waals surface area contributed by atoms with E-state index in [1.54, 1.807) is 7.11 Å². The number of para-hydroxylation sites is 1. The number of nitrogens with zero attached hydrogens (tertiary/aromatic N) is 5. The third-order valence-corrected chi connectivity index (χ3v) is 7.72. The number of amides is 1. The van der Waals surface area contributed by atoms with Crippen molar-refractivity contribution in [2.45, 2.75) is 39.5 Å². The lowest BCUT2D eigenvalue weighted by Crippen LogP contribution is -2.28. The maximum atomic E-state index is 13.4. The maximum Gasteiger partial charge on any atom is 0.294 e. The van der Waals surface area contributed by atoms with Crippen LogP contribution in [0.2, 0.25) is 0 Å². The lowest BCUT2D eigenvalue weighted by atomic mass is 9.93. The highest BCUT2D eigenvalue weighted by molar-refractivity contribution is 6.05. The summed E-state index contributed by atoms with van der Waals surface area (Å²) in [5, 5.41) is 10.7. The number of carbonyl (C=O) groups is 1. The molecule has 2 aromatic heterocycles. The van der Waals surface area contributed by atoms with Crippen LogP contribution in [0.25, 0.3) is 11.4 Å². The van der Waals surface area contributed by atoms with Gasteiger partial charge >= 0.3 is 0 Å². The highest BCUT2D eigenvalue weighted by Crippen LogP contribution is 2.36. The number of anilines is 4. The van der Waals surface area contributed by atoms with Gasteiger partial charge in [-0.2, -0.15) is 0 Å². The first-order chi connectivity index (χ1) is 20.3. The SMILES string of the molecule is CCc1cccc(CC)c1NC(=O)c1onc2c1CCc1cnc(Nc3ccc(N(C)CCN(C)C)cc3OC)nc1-2. The largest absolute Gasteiger partial charge is 0.494 e. The van der Waals surface area contributed by atoms with Crippen molar-refractivity contribution < 1.29 is 14.1 Å². The van der Waals surface area contributed by atoms with Crippen LogP contribution in [0.4, 0.5) is 23.0 Å². The zero-order valence-electron chi connectivity index (χ0n) is 25.2. The summed E-state index contributed by atoms with van der Waals surface area (Å²) in [7, 11) is 7.83. The van der Waals surface area contributed by atoms with Gasteiger partial charge in [0.05, 0.1) is 12.8 Å². The smallest absolute Gasteiger partial charge is 0.294 e. The number of methoxy groups -OCH3 is 1. The Morgan fingerprint density at radius 1 is 1.02 bits per heavy atom. The minimum atomic E-state index is -0.296. The van der Waals surface area contributed by atoms with Crippen LogP contribution in [0.15, 0.2) is 47.1 Å². The lowest BCUT2D eigenvalue weighted by molar-refractivity contribution is 0.0986. The van der Waals surface area contributed by atoms with Crippen molar-refractivity contribution in [2.75, 3.05) is 56.9 Å². The molecule has 1 aliphatic rings. The molecule has 0 atom stereocenters. The molecule has 4 aromatic rings. The van der Waals surface area contributed by atoms with Gasteiger partial charge in [0.15, 0.2) is 0 Å². The summed E-state index contributed by atoms with van der Waals surface area (Å²) in [6.07, 6.45) is 4.75. The summed E-state index contributed by atoms with van der Waals surface area (Å²) in [4.78, 5) is 27.1. The van der Waals surface area contributed by atoms with Crippen LogP contribution in [-0.2, 0) is 25.7 Å². The van der Waals surface area contributed by atoms with E-state index >= 15 is 0 Å². The average Bonchev–Trinajstić information content (AvgIpc) is 3.45. The van der Waals surface area contributed by atoms with E-state index in [0.717, 1.165) is 65.2 Å². The quantitative estimate of drug-likeness (QED) is 0.247. The van der Waals surface area contributed by atoms with Gasteiger partial charge in [-0.15, -0.1) is 0 Å². The fourth-order valence-electron chi connectivity index (χ4n) is 5.21. The van der Waals surface area contributed by atoms with Crippen LogP contribution in [0.5, 0.6) is 5.75 Å². The highest BCUT2D eigenvalue weighted by Gasteiger charge is 2.30. The molecule has 0 spiro atoms. The van der Waals surface area contributed by atoms with E-state index in [9.17, 15) is 4.79 Å². The second-order valence-electron chi connectivity index (χ2n) is 10.8. The third kappa shape index (κ3) is 5.94. The second kappa shape index (κ2) is 12.6. The number of aryl methyl sites for hydroxylation is 3. The van der Waals surface area contributed by atoms with Crippen LogP contribution < -0.4 is 20.3 Å². The van der Waals surface area contributed by atoms with Crippen molar-refractivity contribution in [3.8, 4) is 17.1 Å². The van der Waals surface area contributed by atoms with Crippen molar-refractivity contribution in [2.24, 2.45) is 0 Å². The molecular weight excluding hydrogens is 530 g/mol. The number of rotatable bonds is 11. The third-order valence-electron chi connectivity index (χ3n) is 7.72. The molecule has 0 saturated heterocycles. The van der Waals surface area contributed by atoms with Crippen LogP contribution in [-0.4, -0.2) is 67.3 Å². The Hall–Kier alpha value is -4.44. The van der Waals surface area contributed by atoms with E-state index in [2.05, 4.69) is 65.6 Å². The van der Waals surface area contributed by atoms with Crippen molar-refractivity contribution in [3.05, 3.63) is 70.6 Å². The minimum Gasteiger partial charge on any atom is -0.494 e. The molecule has 2 heterocycles. The van der Waals surface area contributed by atoms with E-state index in [1.165, 1.54) is 0 Å². The number of hydrogen-bond acceptors (Lipinski definition) is 9. The molecule has 10 nitrogen and oxygen atoms in total. The summed E-state index contributed by atoms with van der Waals surface area (Å²) >= 11 is 0. The lowest BCUT2D eigenvalue weighted by Gasteiger charge is -2.23. The molecule has 0 saturated carbocycles. The van der Waals surface area contributed by atoms with Gasteiger partial charge in [-0.05, 0) is 68.6 Å². The number of likely N-dealkylation sites (N-methyl/N-ethyl adjacent to an activating group) is 2.